The molecule has 0 saturated carbocycles. The Hall–Kier alpha value is -3.78. The third-order valence-electron chi connectivity index (χ3n) is 5.39. The minimum absolute atomic E-state index is 0.684. The van der Waals surface area contributed by atoms with Gasteiger partial charge in [-0.05, 0) is 80.4 Å². The van der Waals surface area contributed by atoms with E-state index in [9.17, 15) is 0 Å². The third kappa shape index (κ3) is 5.28. The van der Waals surface area contributed by atoms with Gasteiger partial charge < -0.3 is 9.64 Å². The molecule has 4 aromatic rings. The highest BCUT2D eigenvalue weighted by Crippen LogP contribution is 2.34. The summed E-state index contributed by atoms with van der Waals surface area (Å²) in [6, 6.07) is 34.2. The molecule has 0 spiro atoms. The first-order chi connectivity index (χ1) is 15.6. The Bertz CT molecular complexity index is 1110. The van der Waals surface area contributed by atoms with Gasteiger partial charge in [0, 0.05) is 17.1 Å². The second-order valence-electron chi connectivity index (χ2n) is 7.93. The van der Waals surface area contributed by atoms with Crippen LogP contribution in [-0.4, -0.2) is 6.61 Å². The lowest BCUT2D eigenvalue weighted by Crippen LogP contribution is -2.09. The van der Waals surface area contributed by atoms with Gasteiger partial charge >= 0.3 is 0 Å². The van der Waals surface area contributed by atoms with E-state index in [0.29, 0.717) is 6.61 Å². The van der Waals surface area contributed by atoms with Crippen LogP contribution in [0.5, 0.6) is 5.75 Å². The summed E-state index contributed by atoms with van der Waals surface area (Å²) >= 11 is 0. The maximum atomic E-state index is 5.52. The summed E-state index contributed by atoms with van der Waals surface area (Å²) in [6.45, 7) is 6.91. The molecule has 0 fully saturated rings. The Morgan fingerprint density at radius 2 is 0.938 bits per heavy atom. The fraction of sp³-hybridized carbons (Fsp3) is 0.133. The minimum atomic E-state index is 0.684. The zero-order valence-electron chi connectivity index (χ0n) is 19.0. The van der Waals surface area contributed by atoms with Crippen LogP contribution in [0.3, 0.4) is 0 Å². The first kappa shape index (κ1) is 21.5. The molecule has 0 amide bonds. The molecule has 0 saturated heterocycles. The SMILES string of the molecule is CCOc1ccc(C=Cc2ccc(N(c3ccc(C)cc3)c3ccc(C)cc3)cc2)cc1. The van der Waals surface area contributed by atoms with Gasteiger partial charge in [0.2, 0.25) is 0 Å². The Kier molecular flexibility index (Phi) is 6.72. The van der Waals surface area contributed by atoms with Crippen LogP contribution in [0.4, 0.5) is 17.1 Å². The molecule has 32 heavy (non-hydrogen) atoms. The fourth-order valence-corrected chi connectivity index (χ4v) is 3.60. The molecule has 0 heterocycles. The molecule has 0 radical (unpaired) electrons. The molecular formula is C30H29NO. The predicted molar refractivity (Wildman–Crippen MR) is 137 cm³/mol. The van der Waals surface area contributed by atoms with Crippen molar-refractivity contribution >= 4 is 29.2 Å². The number of anilines is 3. The molecule has 0 aromatic heterocycles. The summed E-state index contributed by atoms with van der Waals surface area (Å²) in [6.07, 6.45) is 4.27. The molecule has 0 unspecified atom stereocenters. The van der Waals surface area contributed by atoms with Crippen molar-refractivity contribution in [3.05, 3.63) is 119 Å². The van der Waals surface area contributed by atoms with Crippen LogP contribution < -0.4 is 9.64 Å². The van der Waals surface area contributed by atoms with Crippen LogP contribution in [0.2, 0.25) is 0 Å². The zero-order chi connectivity index (χ0) is 22.3. The highest BCUT2D eigenvalue weighted by atomic mass is 16.5. The van der Waals surface area contributed by atoms with Crippen molar-refractivity contribution in [2.24, 2.45) is 0 Å². The Labute approximate surface area is 191 Å². The van der Waals surface area contributed by atoms with E-state index >= 15 is 0 Å². The number of hydrogen-bond donors (Lipinski definition) is 0. The molecule has 0 bridgehead atoms. The lowest BCUT2D eigenvalue weighted by molar-refractivity contribution is 0.340. The van der Waals surface area contributed by atoms with E-state index in [2.05, 4.69) is 116 Å². The number of nitrogens with zero attached hydrogens (tertiary/aromatic N) is 1. The number of rotatable bonds is 7. The van der Waals surface area contributed by atoms with E-state index in [0.717, 1.165) is 33.9 Å². The van der Waals surface area contributed by atoms with Crippen LogP contribution in [0.1, 0.15) is 29.2 Å². The number of benzene rings is 4. The normalized spacial score (nSPS) is 11.0. The quantitative estimate of drug-likeness (QED) is 0.279. The molecule has 4 rings (SSSR count). The highest BCUT2D eigenvalue weighted by Gasteiger charge is 2.12. The summed E-state index contributed by atoms with van der Waals surface area (Å²) in [4.78, 5) is 2.29. The number of ether oxygens (including phenoxy) is 1. The van der Waals surface area contributed by atoms with E-state index < -0.39 is 0 Å². The summed E-state index contributed by atoms with van der Waals surface area (Å²) in [5.74, 6) is 0.904. The summed E-state index contributed by atoms with van der Waals surface area (Å²) in [5, 5.41) is 0. The first-order valence-electron chi connectivity index (χ1n) is 11.1. The van der Waals surface area contributed by atoms with E-state index in [1.807, 2.05) is 19.1 Å². The fourth-order valence-electron chi connectivity index (χ4n) is 3.60. The lowest BCUT2D eigenvalue weighted by atomic mass is 10.1. The molecule has 0 aliphatic carbocycles. The van der Waals surface area contributed by atoms with Crippen molar-refractivity contribution in [2.45, 2.75) is 20.8 Å². The van der Waals surface area contributed by atoms with Crippen LogP contribution >= 0.6 is 0 Å². The predicted octanol–water partition coefficient (Wildman–Crippen LogP) is 8.34. The van der Waals surface area contributed by atoms with Crippen LogP contribution in [0.25, 0.3) is 12.2 Å². The van der Waals surface area contributed by atoms with Crippen LogP contribution in [0.15, 0.2) is 97.1 Å². The first-order valence-corrected chi connectivity index (χ1v) is 11.1. The zero-order valence-corrected chi connectivity index (χ0v) is 19.0. The molecule has 0 atom stereocenters. The van der Waals surface area contributed by atoms with Gasteiger partial charge in [0.05, 0.1) is 6.61 Å². The molecule has 4 aromatic carbocycles. The van der Waals surface area contributed by atoms with Crippen molar-refractivity contribution < 1.29 is 4.74 Å². The Morgan fingerprint density at radius 1 is 0.562 bits per heavy atom. The maximum Gasteiger partial charge on any atom is 0.119 e. The van der Waals surface area contributed by atoms with Gasteiger partial charge in [-0.15, -0.1) is 0 Å². The van der Waals surface area contributed by atoms with Gasteiger partial charge in [0.1, 0.15) is 5.75 Å². The Balaban J connectivity index is 1.58. The van der Waals surface area contributed by atoms with Crippen molar-refractivity contribution in [2.75, 3.05) is 11.5 Å². The van der Waals surface area contributed by atoms with E-state index in [1.54, 1.807) is 0 Å². The van der Waals surface area contributed by atoms with Gasteiger partial charge in [0.25, 0.3) is 0 Å². The molecule has 2 nitrogen and oxygen atoms in total. The van der Waals surface area contributed by atoms with Gasteiger partial charge in [-0.1, -0.05) is 71.8 Å². The highest BCUT2D eigenvalue weighted by molar-refractivity contribution is 5.78. The monoisotopic (exact) mass is 419 g/mol. The lowest BCUT2D eigenvalue weighted by Gasteiger charge is -2.25. The molecule has 2 heteroatoms. The van der Waals surface area contributed by atoms with Gasteiger partial charge in [0.15, 0.2) is 0 Å². The van der Waals surface area contributed by atoms with E-state index in [1.165, 1.54) is 11.1 Å². The molecular weight excluding hydrogens is 390 g/mol. The molecule has 0 aliphatic rings. The summed E-state index contributed by atoms with van der Waals surface area (Å²) < 4.78 is 5.52. The van der Waals surface area contributed by atoms with E-state index in [-0.39, 0.29) is 0 Å². The third-order valence-corrected chi connectivity index (χ3v) is 5.39. The second kappa shape index (κ2) is 10.0. The largest absolute Gasteiger partial charge is 0.494 e. The van der Waals surface area contributed by atoms with Crippen molar-refractivity contribution in [1.29, 1.82) is 0 Å². The smallest absolute Gasteiger partial charge is 0.119 e. The summed E-state index contributed by atoms with van der Waals surface area (Å²) in [5.41, 5.74) is 8.26. The average molecular weight is 420 g/mol. The maximum absolute atomic E-state index is 5.52. The second-order valence-corrected chi connectivity index (χ2v) is 7.93. The van der Waals surface area contributed by atoms with Gasteiger partial charge in [-0.2, -0.15) is 0 Å². The van der Waals surface area contributed by atoms with Crippen molar-refractivity contribution in [3.63, 3.8) is 0 Å². The topological polar surface area (TPSA) is 12.5 Å². The van der Waals surface area contributed by atoms with Crippen molar-refractivity contribution in [3.8, 4) is 5.75 Å². The van der Waals surface area contributed by atoms with Crippen LogP contribution in [0, 0.1) is 13.8 Å². The number of hydrogen-bond acceptors (Lipinski definition) is 2. The van der Waals surface area contributed by atoms with E-state index in [4.69, 9.17) is 4.74 Å². The molecule has 0 N–H and O–H groups in total. The van der Waals surface area contributed by atoms with Crippen molar-refractivity contribution in [1.82, 2.24) is 0 Å². The van der Waals surface area contributed by atoms with Gasteiger partial charge in [-0.25, -0.2) is 0 Å². The average Bonchev–Trinajstić information content (AvgIpc) is 2.82. The standard InChI is InChI=1S/C30H29NO/c1-4-32-30-21-13-26(14-22-30)10-9-25-11-19-29(20-12-25)31(27-15-5-23(2)6-16-27)28-17-7-24(3)8-18-28/h5-22H,4H2,1-3H3. The van der Waals surface area contributed by atoms with Gasteiger partial charge in [-0.3, -0.25) is 0 Å². The minimum Gasteiger partial charge on any atom is -0.494 e. The summed E-state index contributed by atoms with van der Waals surface area (Å²) in [7, 11) is 0. The molecule has 0 aliphatic heterocycles. The number of aryl methyl sites for hydroxylation is 2. The molecule has 160 valence electrons. The Morgan fingerprint density at radius 3 is 1.34 bits per heavy atom. The van der Waals surface area contributed by atoms with Crippen LogP contribution in [-0.2, 0) is 0 Å².